The third kappa shape index (κ3) is 4.26. The third-order valence-corrected chi connectivity index (χ3v) is 2.39. The molecule has 0 saturated carbocycles. The van der Waals surface area contributed by atoms with E-state index in [1.165, 1.54) is 0 Å². The van der Waals surface area contributed by atoms with Crippen molar-refractivity contribution >= 4 is 5.97 Å². The highest BCUT2D eigenvalue weighted by atomic mass is 16.4. The molecule has 2 atom stereocenters. The highest BCUT2D eigenvalue weighted by Gasteiger charge is 2.24. The van der Waals surface area contributed by atoms with Crippen molar-refractivity contribution in [2.45, 2.75) is 33.6 Å². The van der Waals surface area contributed by atoms with Crippen LogP contribution in [0.1, 0.15) is 33.6 Å². The Balaban J connectivity index is 4.23. The summed E-state index contributed by atoms with van der Waals surface area (Å²) in [6.07, 6.45) is 5.89. The van der Waals surface area contributed by atoms with Gasteiger partial charge in [-0.2, -0.15) is 0 Å². The van der Waals surface area contributed by atoms with Crippen LogP contribution in [0.15, 0.2) is 24.3 Å². The molecular weight excluding hydrogens is 176 g/mol. The fourth-order valence-corrected chi connectivity index (χ4v) is 1.63. The second-order valence-corrected chi connectivity index (χ2v) is 3.79. The van der Waals surface area contributed by atoms with Gasteiger partial charge in [0, 0.05) is 0 Å². The second-order valence-electron chi connectivity index (χ2n) is 3.79. The van der Waals surface area contributed by atoms with Crippen molar-refractivity contribution in [2.75, 3.05) is 0 Å². The lowest BCUT2D eigenvalue weighted by molar-refractivity contribution is -0.141. The molecule has 0 aromatic heterocycles. The highest BCUT2D eigenvalue weighted by Crippen LogP contribution is 2.23. The Morgan fingerprint density at radius 1 is 1.57 bits per heavy atom. The molecule has 1 N–H and O–H groups in total. The molecule has 0 aliphatic carbocycles. The van der Waals surface area contributed by atoms with Crippen LogP contribution in [-0.4, -0.2) is 11.1 Å². The molecule has 14 heavy (non-hydrogen) atoms. The van der Waals surface area contributed by atoms with E-state index in [4.69, 9.17) is 5.11 Å². The van der Waals surface area contributed by atoms with Crippen LogP contribution < -0.4 is 0 Å². The molecule has 0 aliphatic rings. The van der Waals surface area contributed by atoms with Crippen molar-refractivity contribution in [1.82, 2.24) is 0 Å². The molecule has 2 unspecified atom stereocenters. The molecule has 0 fully saturated rings. The van der Waals surface area contributed by atoms with Crippen LogP contribution in [0.3, 0.4) is 0 Å². The van der Waals surface area contributed by atoms with Gasteiger partial charge in [-0.15, -0.1) is 0 Å². The molecule has 0 aliphatic heterocycles. The number of carbonyl (C=O) groups is 1. The van der Waals surface area contributed by atoms with Crippen molar-refractivity contribution in [3.63, 3.8) is 0 Å². The topological polar surface area (TPSA) is 37.3 Å². The highest BCUT2D eigenvalue weighted by molar-refractivity contribution is 5.73. The van der Waals surface area contributed by atoms with Gasteiger partial charge in [-0.25, -0.2) is 0 Å². The molecular formula is C12H20O2. The summed E-state index contributed by atoms with van der Waals surface area (Å²) in [5.41, 5.74) is 0.741. The van der Waals surface area contributed by atoms with E-state index in [0.29, 0.717) is 0 Å². The van der Waals surface area contributed by atoms with Crippen LogP contribution >= 0.6 is 0 Å². The Hall–Kier alpha value is -1.05. The molecule has 0 bridgehead atoms. The molecule has 0 amide bonds. The molecule has 0 spiro atoms. The number of hydrogen-bond acceptors (Lipinski definition) is 1. The summed E-state index contributed by atoms with van der Waals surface area (Å²) in [7, 11) is 0. The Kier molecular flexibility index (Phi) is 5.93. The maximum atomic E-state index is 10.9. The average molecular weight is 196 g/mol. The van der Waals surface area contributed by atoms with Gasteiger partial charge < -0.3 is 5.11 Å². The maximum Gasteiger partial charge on any atom is 0.310 e. The fourth-order valence-electron chi connectivity index (χ4n) is 1.63. The minimum absolute atomic E-state index is 0.154. The summed E-state index contributed by atoms with van der Waals surface area (Å²) in [5, 5.41) is 8.99. The van der Waals surface area contributed by atoms with Gasteiger partial charge in [0.25, 0.3) is 0 Å². The van der Waals surface area contributed by atoms with Crippen molar-refractivity contribution in [3.05, 3.63) is 24.3 Å². The lowest BCUT2D eigenvalue weighted by Crippen LogP contribution is -2.22. The zero-order chi connectivity index (χ0) is 11.1. The number of hydrogen-bond donors (Lipinski definition) is 1. The van der Waals surface area contributed by atoms with Gasteiger partial charge in [0.05, 0.1) is 5.92 Å². The van der Waals surface area contributed by atoms with Crippen LogP contribution in [0.5, 0.6) is 0 Å². The predicted octanol–water partition coefficient (Wildman–Crippen LogP) is 3.26. The Bertz CT molecular complexity index is 214. The van der Waals surface area contributed by atoms with Gasteiger partial charge in [-0.3, -0.25) is 4.79 Å². The van der Waals surface area contributed by atoms with Crippen molar-refractivity contribution in [1.29, 1.82) is 0 Å². The summed E-state index contributed by atoms with van der Waals surface area (Å²) in [6.45, 7) is 9.45. The number of carboxylic acids is 1. The van der Waals surface area contributed by atoms with Crippen LogP contribution in [-0.2, 0) is 4.79 Å². The normalized spacial score (nSPS) is 15.4. The zero-order valence-electron chi connectivity index (χ0n) is 9.29. The van der Waals surface area contributed by atoms with Gasteiger partial charge in [0.15, 0.2) is 0 Å². The smallest absolute Gasteiger partial charge is 0.310 e. The van der Waals surface area contributed by atoms with E-state index in [1.807, 2.05) is 19.9 Å². The number of carboxylic acid groups (broad SMARTS) is 1. The standard InChI is InChI=1S/C12H20O2/c1-5-6-7-8-10(4)11(9(2)3)12(13)14/h5-6,10-11H,2,7-8H2,1,3-4H3,(H,13,14). The second kappa shape index (κ2) is 6.41. The SMILES string of the molecule is C=C(C)C(C(=O)O)C(C)CCC=CC. The van der Waals surface area contributed by atoms with Crippen molar-refractivity contribution < 1.29 is 9.90 Å². The van der Waals surface area contributed by atoms with Crippen LogP contribution in [0.25, 0.3) is 0 Å². The quantitative estimate of drug-likeness (QED) is 0.662. The Labute approximate surface area is 86.3 Å². The van der Waals surface area contributed by atoms with Crippen molar-refractivity contribution in [3.8, 4) is 0 Å². The molecule has 0 aromatic carbocycles. The molecule has 0 radical (unpaired) electrons. The summed E-state index contributed by atoms with van der Waals surface area (Å²) >= 11 is 0. The molecule has 0 heterocycles. The molecule has 2 heteroatoms. The van der Waals surface area contributed by atoms with Gasteiger partial charge in [-0.1, -0.05) is 31.2 Å². The summed E-state index contributed by atoms with van der Waals surface area (Å²) < 4.78 is 0. The van der Waals surface area contributed by atoms with Gasteiger partial charge in [0.1, 0.15) is 0 Å². The molecule has 0 rings (SSSR count). The first kappa shape index (κ1) is 12.9. The number of aliphatic carboxylic acids is 1. The third-order valence-electron chi connectivity index (χ3n) is 2.39. The van der Waals surface area contributed by atoms with E-state index >= 15 is 0 Å². The molecule has 80 valence electrons. The largest absolute Gasteiger partial charge is 0.481 e. The van der Waals surface area contributed by atoms with Gasteiger partial charge in [0.2, 0.25) is 0 Å². The Morgan fingerprint density at radius 3 is 2.50 bits per heavy atom. The van der Waals surface area contributed by atoms with Gasteiger partial charge in [-0.05, 0) is 32.6 Å². The maximum absolute atomic E-state index is 10.9. The summed E-state index contributed by atoms with van der Waals surface area (Å²) in [5.74, 6) is -1.01. The minimum Gasteiger partial charge on any atom is -0.481 e. The van der Waals surface area contributed by atoms with Crippen molar-refractivity contribution in [2.24, 2.45) is 11.8 Å². The number of rotatable bonds is 6. The van der Waals surface area contributed by atoms with Crippen LogP contribution in [0, 0.1) is 11.8 Å². The predicted molar refractivity (Wildman–Crippen MR) is 59.2 cm³/mol. The Morgan fingerprint density at radius 2 is 2.14 bits per heavy atom. The minimum atomic E-state index is -0.759. The lowest BCUT2D eigenvalue weighted by atomic mass is 9.85. The average Bonchev–Trinajstić information content (AvgIpc) is 2.03. The van der Waals surface area contributed by atoms with E-state index in [9.17, 15) is 4.79 Å². The van der Waals surface area contributed by atoms with E-state index in [0.717, 1.165) is 18.4 Å². The van der Waals surface area contributed by atoms with E-state index in [-0.39, 0.29) is 5.92 Å². The van der Waals surface area contributed by atoms with Crippen LogP contribution in [0.2, 0.25) is 0 Å². The van der Waals surface area contributed by atoms with E-state index in [1.54, 1.807) is 6.92 Å². The fraction of sp³-hybridized carbons (Fsp3) is 0.583. The number of allylic oxidation sites excluding steroid dienone is 2. The van der Waals surface area contributed by atoms with Crippen LogP contribution in [0.4, 0.5) is 0 Å². The first-order valence-corrected chi connectivity index (χ1v) is 5.00. The molecule has 0 aromatic rings. The molecule has 0 saturated heterocycles. The molecule has 2 nitrogen and oxygen atoms in total. The lowest BCUT2D eigenvalue weighted by Gasteiger charge is -2.19. The zero-order valence-corrected chi connectivity index (χ0v) is 9.29. The summed E-state index contributed by atoms with van der Waals surface area (Å²) in [6, 6.07) is 0. The van der Waals surface area contributed by atoms with E-state index < -0.39 is 11.9 Å². The monoisotopic (exact) mass is 196 g/mol. The van der Waals surface area contributed by atoms with Gasteiger partial charge >= 0.3 is 5.97 Å². The first-order chi connectivity index (χ1) is 6.50. The first-order valence-electron chi connectivity index (χ1n) is 5.00. The van der Waals surface area contributed by atoms with E-state index in [2.05, 4.69) is 12.7 Å². The summed E-state index contributed by atoms with van der Waals surface area (Å²) in [4.78, 5) is 10.9.